The minimum absolute atomic E-state index is 0.0692. The van der Waals surface area contributed by atoms with Crippen molar-refractivity contribution in [2.45, 2.75) is 70.1 Å². The van der Waals surface area contributed by atoms with Crippen molar-refractivity contribution < 1.29 is 49.2 Å². The SMILES string of the molecule is CCC(C)C(N)C(=O)NC(CC(=O)O)C(=O)NC(Cc1ccc(O)cc1)C(=O)NC(CCC(=O)O)C(=O)O. The van der Waals surface area contributed by atoms with Crippen LogP contribution in [-0.4, -0.2) is 80.2 Å². The molecule has 0 saturated heterocycles. The summed E-state index contributed by atoms with van der Waals surface area (Å²) in [7, 11) is 0. The molecule has 3 amide bonds. The molecule has 1 aromatic carbocycles. The maximum absolute atomic E-state index is 13.0. The van der Waals surface area contributed by atoms with Gasteiger partial charge in [-0.05, 0) is 30.0 Å². The van der Waals surface area contributed by atoms with E-state index in [0.717, 1.165) is 0 Å². The van der Waals surface area contributed by atoms with Crippen molar-refractivity contribution in [3.05, 3.63) is 29.8 Å². The summed E-state index contributed by atoms with van der Waals surface area (Å²) in [5.74, 6) is -7.31. The van der Waals surface area contributed by atoms with Crippen LogP contribution in [-0.2, 0) is 35.2 Å². The number of nitrogens with one attached hydrogen (secondary N) is 3. The van der Waals surface area contributed by atoms with Crippen molar-refractivity contribution in [3.8, 4) is 5.75 Å². The maximum atomic E-state index is 13.0. The van der Waals surface area contributed by atoms with E-state index in [1.54, 1.807) is 13.8 Å². The molecule has 9 N–H and O–H groups in total. The molecule has 0 spiro atoms. The number of carbonyl (C=O) groups excluding carboxylic acids is 3. The fourth-order valence-corrected chi connectivity index (χ4v) is 3.31. The van der Waals surface area contributed by atoms with Gasteiger partial charge in [0.1, 0.15) is 23.9 Å². The molecule has 0 radical (unpaired) electrons. The van der Waals surface area contributed by atoms with E-state index in [0.29, 0.717) is 12.0 Å². The van der Waals surface area contributed by atoms with Gasteiger partial charge in [0.25, 0.3) is 0 Å². The zero-order chi connectivity index (χ0) is 29.0. The summed E-state index contributed by atoms with van der Waals surface area (Å²) in [5, 5.41) is 43.8. The molecule has 0 heterocycles. The lowest BCUT2D eigenvalue weighted by Crippen LogP contribution is -2.58. The summed E-state index contributed by atoms with van der Waals surface area (Å²) >= 11 is 0. The summed E-state index contributed by atoms with van der Waals surface area (Å²) in [4.78, 5) is 72.3. The number of phenols is 1. The van der Waals surface area contributed by atoms with E-state index < -0.39 is 79.1 Å². The van der Waals surface area contributed by atoms with Gasteiger partial charge in [-0.3, -0.25) is 24.0 Å². The first-order chi connectivity index (χ1) is 17.7. The number of hydrogen-bond acceptors (Lipinski definition) is 8. The van der Waals surface area contributed by atoms with E-state index in [-0.39, 0.29) is 18.1 Å². The Morgan fingerprint density at radius 3 is 1.84 bits per heavy atom. The summed E-state index contributed by atoms with van der Waals surface area (Å²) in [6.45, 7) is 3.50. The molecule has 0 fully saturated rings. The number of amides is 3. The Kier molecular flexibility index (Phi) is 12.7. The van der Waals surface area contributed by atoms with E-state index in [9.17, 15) is 44.1 Å². The highest BCUT2D eigenvalue weighted by Crippen LogP contribution is 2.13. The quantitative estimate of drug-likeness (QED) is 0.129. The molecule has 1 aromatic rings. The van der Waals surface area contributed by atoms with Gasteiger partial charge in [0.15, 0.2) is 0 Å². The third kappa shape index (κ3) is 10.8. The molecule has 5 atom stereocenters. The third-order valence-corrected chi connectivity index (χ3v) is 5.84. The summed E-state index contributed by atoms with van der Waals surface area (Å²) in [6, 6.07) is -0.120. The standard InChI is InChI=1S/C24H34N4O10/c1-3-12(2)20(25)23(36)28-17(11-19(32)33)22(35)27-16(10-13-4-6-14(29)7-5-13)21(34)26-15(24(37)38)8-9-18(30)31/h4-7,12,15-17,20,29H,3,8-11,25H2,1-2H3,(H,26,34)(H,27,35)(H,28,36)(H,30,31)(H,32,33)(H,37,38). The van der Waals surface area contributed by atoms with Crippen molar-refractivity contribution in [1.82, 2.24) is 16.0 Å². The average molecular weight is 539 g/mol. The van der Waals surface area contributed by atoms with Gasteiger partial charge in [-0.1, -0.05) is 32.4 Å². The van der Waals surface area contributed by atoms with Gasteiger partial charge in [-0.2, -0.15) is 0 Å². The number of aromatic hydroxyl groups is 1. The van der Waals surface area contributed by atoms with E-state index in [1.165, 1.54) is 24.3 Å². The summed E-state index contributed by atoms with van der Waals surface area (Å²) in [5.41, 5.74) is 6.32. The van der Waals surface area contributed by atoms with Crippen LogP contribution in [0.2, 0.25) is 0 Å². The van der Waals surface area contributed by atoms with Gasteiger partial charge >= 0.3 is 17.9 Å². The number of phenolic OH excluding ortho intramolecular Hbond substituents is 1. The summed E-state index contributed by atoms with van der Waals surface area (Å²) < 4.78 is 0. The second-order valence-corrected chi connectivity index (χ2v) is 8.83. The number of hydrogen-bond donors (Lipinski definition) is 8. The van der Waals surface area contributed by atoms with Gasteiger partial charge in [0, 0.05) is 12.8 Å². The molecule has 38 heavy (non-hydrogen) atoms. The van der Waals surface area contributed by atoms with E-state index in [1.807, 2.05) is 0 Å². The fourth-order valence-electron chi connectivity index (χ4n) is 3.31. The minimum atomic E-state index is -1.60. The highest BCUT2D eigenvalue weighted by Gasteiger charge is 2.32. The maximum Gasteiger partial charge on any atom is 0.326 e. The molecule has 0 aliphatic heterocycles. The van der Waals surface area contributed by atoms with Crippen molar-refractivity contribution in [1.29, 1.82) is 0 Å². The molecule has 0 aliphatic carbocycles. The Hall–Kier alpha value is -4.20. The Bertz CT molecular complexity index is 1010. The van der Waals surface area contributed by atoms with Crippen molar-refractivity contribution in [2.75, 3.05) is 0 Å². The molecule has 14 heteroatoms. The Morgan fingerprint density at radius 2 is 1.34 bits per heavy atom. The van der Waals surface area contributed by atoms with Crippen LogP contribution in [0.4, 0.5) is 0 Å². The number of carboxylic acids is 3. The number of carboxylic acid groups (broad SMARTS) is 3. The molecule has 14 nitrogen and oxygen atoms in total. The smallest absolute Gasteiger partial charge is 0.326 e. The Morgan fingerprint density at radius 1 is 0.816 bits per heavy atom. The fraction of sp³-hybridized carbons (Fsp3) is 0.500. The lowest BCUT2D eigenvalue weighted by atomic mass is 9.98. The van der Waals surface area contributed by atoms with Crippen molar-refractivity contribution in [2.24, 2.45) is 11.7 Å². The first kappa shape index (κ1) is 31.8. The number of benzene rings is 1. The molecule has 0 saturated carbocycles. The first-order valence-electron chi connectivity index (χ1n) is 11.9. The number of nitrogens with two attached hydrogens (primary N) is 1. The van der Waals surface area contributed by atoms with Crippen molar-refractivity contribution >= 4 is 35.6 Å². The van der Waals surface area contributed by atoms with E-state index in [4.69, 9.17) is 10.8 Å². The first-order valence-corrected chi connectivity index (χ1v) is 11.9. The van der Waals surface area contributed by atoms with E-state index in [2.05, 4.69) is 16.0 Å². The predicted molar refractivity (Wildman–Crippen MR) is 132 cm³/mol. The molecule has 5 unspecified atom stereocenters. The number of carbonyl (C=O) groups is 6. The van der Waals surface area contributed by atoms with Crippen LogP contribution in [0.5, 0.6) is 5.75 Å². The molecular formula is C24H34N4O10. The van der Waals surface area contributed by atoms with Gasteiger partial charge < -0.3 is 42.1 Å². The number of aliphatic carboxylic acids is 3. The predicted octanol–water partition coefficient (Wildman–Crippen LogP) is -0.813. The average Bonchev–Trinajstić information content (AvgIpc) is 2.85. The van der Waals surface area contributed by atoms with Crippen LogP contribution in [0.3, 0.4) is 0 Å². The Balaban J connectivity index is 3.19. The lowest BCUT2D eigenvalue weighted by molar-refractivity contribution is -0.144. The normalized spacial score (nSPS) is 14.7. The zero-order valence-corrected chi connectivity index (χ0v) is 21.0. The second-order valence-electron chi connectivity index (χ2n) is 8.83. The molecule has 0 bridgehead atoms. The monoisotopic (exact) mass is 538 g/mol. The highest BCUT2D eigenvalue weighted by atomic mass is 16.4. The molecular weight excluding hydrogens is 504 g/mol. The van der Waals surface area contributed by atoms with Crippen molar-refractivity contribution in [3.63, 3.8) is 0 Å². The van der Waals surface area contributed by atoms with E-state index >= 15 is 0 Å². The summed E-state index contributed by atoms with van der Waals surface area (Å²) in [6.07, 6.45) is -1.46. The molecule has 1 rings (SSSR count). The van der Waals surface area contributed by atoms with Crippen LogP contribution in [0.25, 0.3) is 0 Å². The van der Waals surface area contributed by atoms with Crippen LogP contribution in [0.1, 0.15) is 45.1 Å². The van der Waals surface area contributed by atoms with Crippen LogP contribution in [0.15, 0.2) is 24.3 Å². The van der Waals surface area contributed by atoms with Crippen LogP contribution < -0.4 is 21.7 Å². The second kappa shape index (κ2) is 15.1. The van der Waals surface area contributed by atoms with Gasteiger partial charge in [-0.15, -0.1) is 0 Å². The Labute approximate surface area is 218 Å². The third-order valence-electron chi connectivity index (χ3n) is 5.84. The number of rotatable bonds is 16. The van der Waals surface area contributed by atoms with Gasteiger partial charge in [-0.25, -0.2) is 4.79 Å². The lowest BCUT2D eigenvalue weighted by Gasteiger charge is -2.25. The largest absolute Gasteiger partial charge is 0.508 e. The molecule has 0 aromatic heterocycles. The molecule has 0 aliphatic rings. The minimum Gasteiger partial charge on any atom is -0.508 e. The van der Waals surface area contributed by atoms with Gasteiger partial charge in [0.2, 0.25) is 17.7 Å². The van der Waals surface area contributed by atoms with Crippen LogP contribution in [0, 0.1) is 5.92 Å². The topological polar surface area (TPSA) is 245 Å². The molecule has 210 valence electrons. The van der Waals surface area contributed by atoms with Gasteiger partial charge in [0.05, 0.1) is 12.5 Å². The zero-order valence-electron chi connectivity index (χ0n) is 21.0. The van der Waals surface area contributed by atoms with Crippen LogP contribution >= 0.6 is 0 Å². The highest BCUT2D eigenvalue weighted by molar-refractivity contribution is 5.95.